The molecule has 0 spiro atoms. The van der Waals surface area contributed by atoms with Crippen molar-refractivity contribution in [3.8, 4) is 0 Å². The lowest BCUT2D eigenvalue weighted by Crippen LogP contribution is -2.26. The SMILES string of the molecule is O=C(Cc1nnnn1CCc1ccccc1)NCc1ccccc1Cl. The molecule has 1 N–H and O–H groups in total. The minimum absolute atomic E-state index is 0.131. The molecule has 0 aliphatic carbocycles. The Hall–Kier alpha value is -2.73. The Morgan fingerprint density at radius 1 is 1.08 bits per heavy atom. The van der Waals surface area contributed by atoms with Gasteiger partial charge in [-0.2, -0.15) is 0 Å². The maximum absolute atomic E-state index is 12.2. The van der Waals surface area contributed by atoms with Crippen molar-refractivity contribution in [1.82, 2.24) is 25.5 Å². The number of aromatic nitrogens is 4. The zero-order valence-corrected chi connectivity index (χ0v) is 14.4. The van der Waals surface area contributed by atoms with Crippen molar-refractivity contribution in [1.29, 1.82) is 0 Å². The number of rotatable bonds is 7. The second-order valence-electron chi connectivity index (χ2n) is 5.60. The Morgan fingerprint density at radius 2 is 1.84 bits per heavy atom. The van der Waals surface area contributed by atoms with Gasteiger partial charge in [-0.15, -0.1) is 5.10 Å². The molecule has 0 saturated heterocycles. The van der Waals surface area contributed by atoms with E-state index in [0.717, 1.165) is 12.0 Å². The first-order chi connectivity index (χ1) is 12.2. The molecule has 2 aromatic carbocycles. The fourth-order valence-electron chi connectivity index (χ4n) is 2.44. The van der Waals surface area contributed by atoms with Crippen LogP contribution in [0.3, 0.4) is 0 Å². The predicted molar refractivity (Wildman–Crippen MR) is 95.0 cm³/mol. The lowest BCUT2D eigenvalue weighted by atomic mass is 10.1. The number of nitrogens with zero attached hydrogens (tertiary/aromatic N) is 4. The number of tetrazole rings is 1. The number of nitrogens with one attached hydrogen (secondary N) is 1. The van der Waals surface area contributed by atoms with Gasteiger partial charge in [0.1, 0.15) is 0 Å². The van der Waals surface area contributed by atoms with Gasteiger partial charge in [-0.25, -0.2) is 4.68 Å². The average Bonchev–Trinajstić information content (AvgIpc) is 3.07. The Kier molecular flexibility index (Phi) is 5.74. The number of hydrogen-bond donors (Lipinski definition) is 1. The lowest BCUT2D eigenvalue weighted by Gasteiger charge is -2.07. The molecule has 3 aromatic rings. The van der Waals surface area contributed by atoms with Crippen molar-refractivity contribution in [2.24, 2.45) is 0 Å². The standard InChI is InChI=1S/C18H18ClN5O/c19-16-9-5-4-8-15(16)13-20-18(25)12-17-21-22-23-24(17)11-10-14-6-2-1-3-7-14/h1-9H,10-13H2,(H,20,25). The molecule has 0 radical (unpaired) electrons. The van der Waals surface area contributed by atoms with Crippen molar-refractivity contribution in [3.63, 3.8) is 0 Å². The van der Waals surface area contributed by atoms with E-state index in [0.29, 0.717) is 23.9 Å². The molecule has 0 fully saturated rings. The van der Waals surface area contributed by atoms with E-state index in [4.69, 9.17) is 11.6 Å². The number of carbonyl (C=O) groups excluding carboxylic acids is 1. The molecule has 1 aromatic heterocycles. The van der Waals surface area contributed by atoms with E-state index in [9.17, 15) is 4.79 Å². The lowest BCUT2D eigenvalue weighted by molar-refractivity contribution is -0.120. The highest BCUT2D eigenvalue weighted by atomic mass is 35.5. The van der Waals surface area contributed by atoms with E-state index >= 15 is 0 Å². The number of amides is 1. The molecule has 0 aliphatic rings. The highest BCUT2D eigenvalue weighted by Crippen LogP contribution is 2.14. The normalized spacial score (nSPS) is 10.6. The quantitative estimate of drug-likeness (QED) is 0.706. The molecule has 0 unspecified atom stereocenters. The fourth-order valence-corrected chi connectivity index (χ4v) is 2.65. The number of benzene rings is 2. The summed E-state index contributed by atoms with van der Waals surface area (Å²) in [5, 5.41) is 15.1. The van der Waals surface area contributed by atoms with Crippen LogP contribution in [-0.2, 0) is 30.7 Å². The van der Waals surface area contributed by atoms with Gasteiger partial charge in [0, 0.05) is 18.1 Å². The van der Waals surface area contributed by atoms with E-state index in [2.05, 4.69) is 33.0 Å². The average molecular weight is 356 g/mol. The van der Waals surface area contributed by atoms with Gasteiger partial charge in [-0.05, 0) is 34.0 Å². The van der Waals surface area contributed by atoms with Crippen molar-refractivity contribution >= 4 is 17.5 Å². The molecule has 7 heteroatoms. The molecule has 25 heavy (non-hydrogen) atoms. The van der Waals surface area contributed by atoms with Gasteiger partial charge in [0.25, 0.3) is 0 Å². The molecule has 0 saturated carbocycles. The van der Waals surface area contributed by atoms with Crippen molar-refractivity contribution in [2.45, 2.75) is 25.9 Å². The first kappa shape index (κ1) is 17.1. The zero-order chi connectivity index (χ0) is 17.5. The van der Waals surface area contributed by atoms with Crippen LogP contribution in [0.4, 0.5) is 0 Å². The molecule has 128 valence electrons. The number of halogens is 1. The second kappa shape index (κ2) is 8.39. The van der Waals surface area contributed by atoms with Crippen LogP contribution in [0, 0.1) is 0 Å². The van der Waals surface area contributed by atoms with Gasteiger partial charge in [0.15, 0.2) is 5.82 Å². The first-order valence-electron chi connectivity index (χ1n) is 8.01. The summed E-state index contributed by atoms with van der Waals surface area (Å²) in [6.07, 6.45) is 0.937. The van der Waals surface area contributed by atoms with Crippen molar-refractivity contribution in [2.75, 3.05) is 0 Å². The van der Waals surface area contributed by atoms with Crippen LogP contribution in [0.15, 0.2) is 54.6 Å². The highest BCUT2D eigenvalue weighted by Gasteiger charge is 2.12. The Bertz CT molecular complexity index is 834. The molecular weight excluding hydrogens is 338 g/mol. The van der Waals surface area contributed by atoms with E-state index in [1.807, 2.05) is 36.4 Å². The number of hydrogen-bond acceptors (Lipinski definition) is 4. The van der Waals surface area contributed by atoms with E-state index in [1.54, 1.807) is 10.7 Å². The first-order valence-corrected chi connectivity index (χ1v) is 8.39. The van der Waals surface area contributed by atoms with Crippen LogP contribution < -0.4 is 5.32 Å². The molecule has 0 atom stereocenters. The molecular formula is C18H18ClN5O. The molecule has 1 amide bonds. The van der Waals surface area contributed by atoms with Crippen LogP contribution in [0.2, 0.25) is 5.02 Å². The largest absolute Gasteiger partial charge is 0.352 e. The summed E-state index contributed by atoms with van der Waals surface area (Å²) in [5.41, 5.74) is 2.08. The molecule has 0 bridgehead atoms. The smallest absolute Gasteiger partial charge is 0.227 e. The van der Waals surface area contributed by atoms with Gasteiger partial charge >= 0.3 is 0 Å². The summed E-state index contributed by atoms with van der Waals surface area (Å²) in [6, 6.07) is 17.5. The number of carbonyl (C=O) groups is 1. The topological polar surface area (TPSA) is 72.7 Å². The summed E-state index contributed by atoms with van der Waals surface area (Å²) in [5.74, 6) is 0.406. The van der Waals surface area contributed by atoms with Crippen molar-refractivity contribution < 1.29 is 4.79 Å². The number of aryl methyl sites for hydroxylation is 2. The maximum Gasteiger partial charge on any atom is 0.227 e. The van der Waals surface area contributed by atoms with Gasteiger partial charge < -0.3 is 5.32 Å². The van der Waals surface area contributed by atoms with Crippen LogP contribution in [0.5, 0.6) is 0 Å². The van der Waals surface area contributed by atoms with Crippen LogP contribution >= 0.6 is 11.6 Å². The Labute approximate surface area is 150 Å². The van der Waals surface area contributed by atoms with Crippen LogP contribution in [-0.4, -0.2) is 26.1 Å². The van der Waals surface area contributed by atoms with E-state index in [-0.39, 0.29) is 12.3 Å². The van der Waals surface area contributed by atoms with Crippen LogP contribution in [0.25, 0.3) is 0 Å². The van der Waals surface area contributed by atoms with Gasteiger partial charge in [0.05, 0.1) is 6.42 Å². The summed E-state index contributed by atoms with van der Waals surface area (Å²) < 4.78 is 1.67. The third-order valence-corrected chi connectivity index (χ3v) is 4.18. The van der Waals surface area contributed by atoms with Gasteiger partial charge in [-0.1, -0.05) is 60.1 Å². The molecule has 6 nitrogen and oxygen atoms in total. The summed E-state index contributed by atoms with van der Waals surface area (Å²) >= 11 is 6.09. The van der Waals surface area contributed by atoms with Crippen LogP contribution in [0.1, 0.15) is 17.0 Å². The summed E-state index contributed by atoms with van der Waals surface area (Å²) in [7, 11) is 0. The van der Waals surface area contributed by atoms with Crippen molar-refractivity contribution in [3.05, 3.63) is 76.6 Å². The summed E-state index contributed by atoms with van der Waals surface area (Å²) in [4.78, 5) is 12.2. The fraction of sp³-hybridized carbons (Fsp3) is 0.222. The second-order valence-corrected chi connectivity index (χ2v) is 6.01. The minimum atomic E-state index is -0.143. The Balaban J connectivity index is 1.53. The third-order valence-electron chi connectivity index (χ3n) is 3.81. The monoisotopic (exact) mass is 355 g/mol. The molecule has 1 heterocycles. The van der Waals surface area contributed by atoms with E-state index in [1.165, 1.54) is 5.56 Å². The zero-order valence-electron chi connectivity index (χ0n) is 13.6. The summed E-state index contributed by atoms with van der Waals surface area (Å²) in [6.45, 7) is 1.01. The predicted octanol–water partition coefficient (Wildman–Crippen LogP) is 2.43. The molecule has 0 aliphatic heterocycles. The Morgan fingerprint density at radius 3 is 2.64 bits per heavy atom. The van der Waals surface area contributed by atoms with E-state index < -0.39 is 0 Å². The van der Waals surface area contributed by atoms with Gasteiger partial charge in [0.2, 0.25) is 5.91 Å². The maximum atomic E-state index is 12.2. The van der Waals surface area contributed by atoms with Gasteiger partial charge in [-0.3, -0.25) is 4.79 Å². The minimum Gasteiger partial charge on any atom is -0.352 e. The highest BCUT2D eigenvalue weighted by molar-refractivity contribution is 6.31. The third kappa shape index (κ3) is 4.87. The molecule has 3 rings (SSSR count).